The first kappa shape index (κ1) is 15.7. The fraction of sp³-hybridized carbons (Fsp3) is 0. The molecule has 0 bridgehead atoms. The molecule has 4 aromatic rings. The summed E-state index contributed by atoms with van der Waals surface area (Å²) in [6.45, 7) is 0. The van der Waals surface area contributed by atoms with E-state index in [2.05, 4.69) is 109 Å². The number of rotatable bonds is 2. The fourth-order valence-corrected chi connectivity index (χ4v) is 11.1. The van der Waals surface area contributed by atoms with Gasteiger partial charge in [-0.05, 0) is 32.9 Å². The van der Waals surface area contributed by atoms with Crippen molar-refractivity contribution in [3.63, 3.8) is 0 Å². The van der Waals surface area contributed by atoms with Crippen molar-refractivity contribution in [2.75, 3.05) is 0 Å². The Morgan fingerprint density at radius 3 is 1.27 bits per heavy atom. The van der Waals surface area contributed by atoms with Gasteiger partial charge in [0.2, 0.25) is 0 Å². The van der Waals surface area contributed by atoms with Crippen molar-refractivity contribution in [2.24, 2.45) is 0 Å². The highest BCUT2D eigenvalue weighted by Crippen LogP contribution is 2.32. The number of fused-ring (bicyclic) bond motifs is 2. The molecule has 1 aliphatic rings. The zero-order chi connectivity index (χ0) is 17.4. The zero-order valence-corrected chi connectivity index (χ0v) is 16.1. The number of hydrogen-bond donors (Lipinski definition) is 0. The topological polar surface area (TPSA) is 0 Å². The van der Waals surface area contributed by atoms with Crippen LogP contribution in [0.15, 0.2) is 119 Å². The van der Waals surface area contributed by atoms with E-state index in [4.69, 9.17) is 0 Å². The zero-order valence-electron chi connectivity index (χ0n) is 14.3. The van der Waals surface area contributed by atoms with Gasteiger partial charge in [-0.2, -0.15) is 0 Å². The van der Waals surface area contributed by atoms with Crippen molar-refractivity contribution in [2.45, 2.75) is 9.79 Å². The van der Waals surface area contributed by atoms with Crippen LogP contribution in [0, 0.1) is 0 Å². The van der Waals surface area contributed by atoms with Crippen LogP contribution in [0.25, 0.3) is 0 Å². The summed E-state index contributed by atoms with van der Waals surface area (Å²) >= 11 is 1.91. The summed E-state index contributed by atoms with van der Waals surface area (Å²) in [7, 11) is -2.30. The highest BCUT2D eigenvalue weighted by Gasteiger charge is 2.46. The Kier molecular flexibility index (Phi) is 3.81. The highest BCUT2D eigenvalue weighted by molar-refractivity contribution is 8.00. The standard InChI is InChI=1S/C24H18SSi/c1-3-11-19(12-4-1)26(20-13-5-2-6-14-20)23-17-9-7-15-21(23)25-22-16-8-10-18-24(22)26/h1-18H. The van der Waals surface area contributed by atoms with Crippen LogP contribution in [0.5, 0.6) is 0 Å². The minimum absolute atomic E-state index is 1.39. The monoisotopic (exact) mass is 366 g/mol. The van der Waals surface area contributed by atoms with Crippen molar-refractivity contribution in [1.82, 2.24) is 0 Å². The summed E-state index contributed by atoms with van der Waals surface area (Å²) in [4.78, 5) is 2.79. The Morgan fingerprint density at radius 2 is 0.808 bits per heavy atom. The van der Waals surface area contributed by atoms with E-state index in [0.29, 0.717) is 0 Å². The van der Waals surface area contributed by atoms with E-state index in [1.165, 1.54) is 30.5 Å². The number of hydrogen-bond acceptors (Lipinski definition) is 1. The van der Waals surface area contributed by atoms with Gasteiger partial charge in [0.1, 0.15) is 0 Å². The Hall–Kier alpha value is -2.55. The molecule has 0 atom stereocenters. The molecule has 0 aromatic heterocycles. The number of benzene rings is 4. The van der Waals surface area contributed by atoms with Crippen molar-refractivity contribution >= 4 is 40.6 Å². The normalized spacial score (nSPS) is 14.3. The van der Waals surface area contributed by atoms with Crippen molar-refractivity contribution < 1.29 is 0 Å². The third-order valence-corrected chi connectivity index (χ3v) is 11.6. The van der Waals surface area contributed by atoms with Crippen LogP contribution in [0.1, 0.15) is 0 Å². The van der Waals surface area contributed by atoms with Crippen LogP contribution in [0.3, 0.4) is 0 Å². The first-order chi connectivity index (χ1) is 12.9. The van der Waals surface area contributed by atoms with Crippen LogP contribution in [-0.2, 0) is 0 Å². The quantitative estimate of drug-likeness (QED) is 0.431. The first-order valence-corrected chi connectivity index (χ1v) is 11.7. The Balaban J connectivity index is 1.97. The van der Waals surface area contributed by atoms with Crippen LogP contribution < -0.4 is 20.7 Å². The van der Waals surface area contributed by atoms with E-state index in [0.717, 1.165) is 0 Å². The lowest BCUT2D eigenvalue weighted by atomic mass is 10.3. The summed E-state index contributed by atoms with van der Waals surface area (Å²) < 4.78 is 0. The molecule has 0 N–H and O–H groups in total. The average Bonchev–Trinajstić information content (AvgIpc) is 2.73. The van der Waals surface area contributed by atoms with Gasteiger partial charge in [0.15, 0.2) is 8.07 Å². The fourth-order valence-electron chi connectivity index (χ4n) is 4.16. The van der Waals surface area contributed by atoms with Crippen LogP contribution in [-0.4, -0.2) is 8.07 Å². The molecular weight excluding hydrogens is 348 g/mol. The van der Waals surface area contributed by atoms with Crippen LogP contribution >= 0.6 is 11.8 Å². The lowest BCUT2D eigenvalue weighted by Crippen LogP contribution is -2.76. The maximum atomic E-state index is 2.35. The van der Waals surface area contributed by atoms with E-state index >= 15 is 0 Å². The molecule has 1 heterocycles. The summed E-state index contributed by atoms with van der Waals surface area (Å²) in [5, 5.41) is 5.90. The van der Waals surface area contributed by atoms with E-state index in [1.54, 1.807) is 0 Å². The Labute approximate surface area is 159 Å². The maximum Gasteiger partial charge on any atom is 0.181 e. The highest BCUT2D eigenvalue weighted by atomic mass is 32.2. The summed E-state index contributed by atoms with van der Waals surface area (Å²) in [6, 6.07) is 40.2. The predicted octanol–water partition coefficient (Wildman–Crippen LogP) is 3.53. The molecule has 0 radical (unpaired) electrons. The molecule has 0 unspecified atom stereocenters. The third-order valence-electron chi connectivity index (χ3n) is 5.22. The average molecular weight is 367 g/mol. The molecule has 0 saturated heterocycles. The van der Waals surface area contributed by atoms with Gasteiger partial charge in [0.05, 0.1) is 0 Å². The molecule has 0 fully saturated rings. The second-order valence-electron chi connectivity index (χ2n) is 6.58. The molecular formula is C24H18SSi. The lowest BCUT2D eigenvalue weighted by Gasteiger charge is -2.39. The third kappa shape index (κ3) is 2.23. The van der Waals surface area contributed by atoms with Crippen molar-refractivity contribution in [1.29, 1.82) is 0 Å². The molecule has 124 valence electrons. The van der Waals surface area contributed by atoms with E-state index in [9.17, 15) is 0 Å². The van der Waals surface area contributed by atoms with Gasteiger partial charge in [-0.15, -0.1) is 0 Å². The van der Waals surface area contributed by atoms with Crippen molar-refractivity contribution in [3.05, 3.63) is 109 Å². The minimum Gasteiger partial charge on any atom is -0.0903 e. The first-order valence-electron chi connectivity index (χ1n) is 8.88. The van der Waals surface area contributed by atoms with Gasteiger partial charge in [0.25, 0.3) is 0 Å². The predicted molar refractivity (Wildman–Crippen MR) is 114 cm³/mol. The summed E-state index contributed by atoms with van der Waals surface area (Å²) in [6.07, 6.45) is 0. The molecule has 0 nitrogen and oxygen atoms in total. The second kappa shape index (κ2) is 6.31. The van der Waals surface area contributed by atoms with Crippen LogP contribution in [0.2, 0.25) is 0 Å². The second-order valence-corrected chi connectivity index (χ2v) is 11.4. The molecule has 0 saturated carbocycles. The largest absolute Gasteiger partial charge is 0.181 e. The molecule has 4 aromatic carbocycles. The molecule has 1 aliphatic heterocycles. The summed E-state index contributed by atoms with van der Waals surface area (Å²) in [5.74, 6) is 0. The SMILES string of the molecule is c1ccc([Si]2(c3ccccc3)c3ccccc3Sc3ccccc32)cc1. The van der Waals surface area contributed by atoms with Gasteiger partial charge in [-0.25, -0.2) is 0 Å². The summed E-state index contributed by atoms with van der Waals surface area (Å²) in [5.41, 5.74) is 0. The lowest BCUT2D eigenvalue weighted by molar-refractivity contribution is 1.42. The van der Waals surface area contributed by atoms with E-state index in [-0.39, 0.29) is 0 Å². The molecule has 26 heavy (non-hydrogen) atoms. The van der Waals surface area contributed by atoms with Gasteiger partial charge >= 0.3 is 0 Å². The molecule has 0 amide bonds. The van der Waals surface area contributed by atoms with Crippen molar-refractivity contribution in [3.8, 4) is 0 Å². The Morgan fingerprint density at radius 1 is 0.423 bits per heavy atom. The minimum atomic E-state index is -2.30. The van der Waals surface area contributed by atoms with E-state index in [1.807, 2.05) is 11.8 Å². The molecule has 5 rings (SSSR count). The molecule has 0 spiro atoms. The van der Waals surface area contributed by atoms with Gasteiger partial charge in [-0.1, -0.05) is 109 Å². The van der Waals surface area contributed by atoms with Gasteiger partial charge in [-0.3, -0.25) is 0 Å². The van der Waals surface area contributed by atoms with Gasteiger partial charge < -0.3 is 0 Å². The smallest absolute Gasteiger partial charge is 0.0903 e. The molecule has 0 aliphatic carbocycles. The van der Waals surface area contributed by atoms with Crippen LogP contribution in [0.4, 0.5) is 0 Å². The van der Waals surface area contributed by atoms with Gasteiger partial charge in [0, 0.05) is 9.79 Å². The Bertz CT molecular complexity index is 971. The molecule has 2 heteroatoms. The maximum absolute atomic E-state index is 2.35. The van der Waals surface area contributed by atoms with E-state index < -0.39 is 8.07 Å².